The van der Waals surface area contributed by atoms with E-state index in [0.29, 0.717) is 24.7 Å². The largest absolute Gasteiger partial charge is 0.374 e. The summed E-state index contributed by atoms with van der Waals surface area (Å²) in [6.07, 6.45) is 2.42. The Balaban J connectivity index is 1.91. The monoisotopic (exact) mass is 156 g/mol. The van der Waals surface area contributed by atoms with Crippen LogP contribution in [0.5, 0.6) is 0 Å². The minimum absolute atomic E-state index is 0.286. The van der Waals surface area contributed by atoms with Crippen LogP contribution in [0, 0.1) is 11.8 Å². The molecule has 11 heavy (non-hydrogen) atoms. The molecule has 62 valence electrons. The first-order chi connectivity index (χ1) is 5.36. The Morgan fingerprint density at radius 3 is 2.82 bits per heavy atom. The molecular weight excluding hydrogens is 144 g/mol. The van der Waals surface area contributed by atoms with Crippen LogP contribution in [0.4, 0.5) is 0 Å². The Labute approximate surface area is 65.3 Å². The second-order valence-electron chi connectivity index (χ2n) is 3.76. The van der Waals surface area contributed by atoms with Gasteiger partial charge >= 0.3 is 0 Å². The molecule has 2 bridgehead atoms. The predicted octanol–water partition coefficient (Wildman–Crippen LogP) is 0.129. The fraction of sp³-hybridized carbons (Fsp3) is 1.00. The summed E-state index contributed by atoms with van der Waals surface area (Å²) in [5.74, 6) is 0.775. The first-order valence-electron chi connectivity index (χ1n) is 4.31. The highest BCUT2D eigenvalue weighted by molar-refractivity contribution is 4.99. The average molecular weight is 156 g/mol. The lowest BCUT2D eigenvalue weighted by molar-refractivity contribution is -0.105. The van der Waals surface area contributed by atoms with Crippen molar-refractivity contribution in [1.29, 1.82) is 0 Å². The number of ether oxygens (including phenoxy) is 2. The second-order valence-corrected chi connectivity index (χ2v) is 3.76. The molecule has 0 aromatic carbocycles. The topological polar surface area (TPSA) is 38.7 Å². The predicted molar refractivity (Wildman–Crippen MR) is 36.8 cm³/mol. The quantitative estimate of drug-likeness (QED) is 0.541. The molecule has 3 aliphatic heterocycles. The lowest BCUT2D eigenvalue weighted by Gasteiger charge is -2.19. The Kier molecular flexibility index (Phi) is 1.15. The summed E-state index contributed by atoms with van der Waals surface area (Å²) < 4.78 is 10.8. The molecule has 3 saturated heterocycles. The molecule has 1 N–H and O–H groups in total. The van der Waals surface area contributed by atoms with E-state index in [1.54, 1.807) is 0 Å². The van der Waals surface area contributed by atoms with E-state index in [4.69, 9.17) is 9.47 Å². The molecule has 5 unspecified atom stereocenters. The van der Waals surface area contributed by atoms with Gasteiger partial charge in [-0.3, -0.25) is 0 Å². The Morgan fingerprint density at radius 2 is 2.00 bits per heavy atom. The minimum atomic E-state index is -0.546. The van der Waals surface area contributed by atoms with Gasteiger partial charge in [0.2, 0.25) is 0 Å². The van der Waals surface area contributed by atoms with Gasteiger partial charge in [-0.1, -0.05) is 0 Å². The van der Waals surface area contributed by atoms with Gasteiger partial charge in [-0.25, -0.2) is 0 Å². The van der Waals surface area contributed by atoms with Gasteiger partial charge in [0.05, 0.1) is 18.8 Å². The first-order valence-corrected chi connectivity index (χ1v) is 4.31. The first kappa shape index (κ1) is 6.40. The zero-order valence-electron chi connectivity index (χ0n) is 6.27. The lowest BCUT2D eigenvalue weighted by atomic mass is 9.81. The van der Waals surface area contributed by atoms with Crippen LogP contribution in [-0.4, -0.2) is 30.2 Å². The summed E-state index contributed by atoms with van der Waals surface area (Å²) >= 11 is 0. The van der Waals surface area contributed by atoms with Crippen LogP contribution in [0.25, 0.3) is 0 Å². The van der Waals surface area contributed by atoms with E-state index >= 15 is 0 Å². The molecule has 0 spiro atoms. The van der Waals surface area contributed by atoms with E-state index in [1.165, 1.54) is 6.42 Å². The number of hydrogen-bond donors (Lipinski definition) is 1. The highest BCUT2D eigenvalue weighted by Gasteiger charge is 2.55. The van der Waals surface area contributed by atoms with Crippen molar-refractivity contribution >= 4 is 0 Å². The van der Waals surface area contributed by atoms with E-state index in [-0.39, 0.29) is 5.92 Å². The smallest absolute Gasteiger partial charge is 0.160 e. The van der Waals surface area contributed by atoms with Gasteiger partial charge in [0.15, 0.2) is 6.29 Å². The van der Waals surface area contributed by atoms with Crippen molar-refractivity contribution in [3.05, 3.63) is 0 Å². The number of aliphatic hydroxyl groups excluding tert-OH is 1. The number of fused-ring (bicyclic) bond motifs is 5. The zero-order valence-corrected chi connectivity index (χ0v) is 6.27. The van der Waals surface area contributed by atoms with Crippen LogP contribution < -0.4 is 0 Å². The summed E-state index contributed by atoms with van der Waals surface area (Å²) in [4.78, 5) is 0. The van der Waals surface area contributed by atoms with Crippen LogP contribution in [0.3, 0.4) is 0 Å². The van der Waals surface area contributed by atoms with Crippen molar-refractivity contribution in [1.82, 2.24) is 0 Å². The summed E-state index contributed by atoms with van der Waals surface area (Å²) in [5.41, 5.74) is 0. The van der Waals surface area contributed by atoms with Gasteiger partial charge < -0.3 is 14.6 Å². The second kappa shape index (κ2) is 1.97. The summed E-state index contributed by atoms with van der Waals surface area (Å²) in [6.45, 7) is 0.701. The molecule has 0 radical (unpaired) electrons. The van der Waals surface area contributed by atoms with Crippen molar-refractivity contribution in [3.63, 3.8) is 0 Å². The van der Waals surface area contributed by atoms with Crippen molar-refractivity contribution in [3.8, 4) is 0 Å². The molecule has 0 amide bonds. The Morgan fingerprint density at radius 1 is 1.18 bits per heavy atom. The molecule has 3 aliphatic rings. The highest BCUT2D eigenvalue weighted by Crippen LogP contribution is 2.48. The lowest BCUT2D eigenvalue weighted by Crippen LogP contribution is -2.30. The van der Waals surface area contributed by atoms with Gasteiger partial charge in [-0.05, 0) is 12.8 Å². The third-order valence-corrected chi connectivity index (χ3v) is 3.28. The molecule has 0 aliphatic carbocycles. The molecule has 3 heterocycles. The van der Waals surface area contributed by atoms with Gasteiger partial charge in [0.25, 0.3) is 0 Å². The van der Waals surface area contributed by atoms with Crippen LogP contribution in [-0.2, 0) is 9.47 Å². The Bertz CT molecular complexity index is 182. The van der Waals surface area contributed by atoms with Crippen LogP contribution in [0.1, 0.15) is 12.8 Å². The molecule has 3 rings (SSSR count). The average Bonchev–Trinajstić information content (AvgIpc) is 2.60. The molecular formula is C8H12O3. The maximum atomic E-state index is 9.42. The summed E-state index contributed by atoms with van der Waals surface area (Å²) in [5, 5.41) is 9.42. The molecule has 0 saturated carbocycles. The molecule has 3 nitrogen and oxygen atoms in total. The zero-order chi connectivity index (χ0) is 7.42. The molecule has 3 heteroatoms. The standard InChI is InChI=1S/C8H12O3/c9-8-7-4(3-10-8)5-1-2-6(7)11-5/h4-9H,1-3H2. The summed E-state index contributed by atoms with van der Waals surface area (Å²) in [6, 6.07) is 0. The fourth-order valence-electron chi connectivity index (χ4n) is 2.75. The maximum absolute atomic E-state index is 9.42. The molecule has 3 fully saturated rings. The SMILES string of the molecule is OC1OCC2C3CCC(O3)C12. The van der Waals surface area contributed by atoms with Crippen molar-refractivity contribution in [2.75, 3.05) is 6.61 Å². The van der Waals surface area contributed by atoms with E-state index in [2.05, 4.69) is 0 Å². The van der Waals surface area contributed by atoms with E-state index < -0.39 is 6.29 Å². The number of aliphatic hydroxyl groups is 1. The van der Waals surface area contributed by atoms with Crippen molar-refractivity contribution in [2.24, 2.45) is 11.8 Å². The van der Waals surface area contributed by atoms with E-state index in [1.807, 2.05) is 0 Å². The van der Waals surface area contributed by atoms with Crippen molar-refractivity contribution in [2.45, 2.75) is 31.3 Å². The van der Waals surface area contributed by atoms with E-state index in [0.717, 1.165) is 6.42 Å². The molecule has 0 aromatic rings. The van der Waals surface area contributed by atoms with Gasteiger partial charge in [-0.2, -0.15) is 0 Å². The maximum Gasteiger partial charge on any atom is 0.160 e. The highest BCUT2D eigenvalue weighted by atomic mass is 16.6. The van der Waals surface area contributed by atoms with Crippen LogP contribution in [0.2, 0.25) is 0 Å². The van der Waals surface area contributed by atoms with Crippen LogP contribution >= 0.6 is 0 Å². The number of rotatable bonds is 0. The third kappa shape index (κ3) is 0.687. The Hall–Kier alpha value is -0.120. The third-order valence-electron chi connectivity index (χ3n) is 3.28. The molecule has 0 aromatic heterocycles. The van der Waals surface area contributed by atoms with Gasteiger partial charge in [0.1, 0.15) is 0 Å². The van der Waals surface area contributed by atoms with Crippen LogP contribution in [0.15, 0.2) is 0 Å². The van der Waals surface area contributed by atoms with Gasteiger partial charge in [-0.15, -0.1) is 0 Å². The summed E-state index contributed by atoms with van der Waals surface area (Å²) in [7, 11) is 0. The van der Waals surface area contributed by atoms with E-state index in [9.17, 15) is 5.11 Å². The number of hydrogen-bond acceptors (Lipinski definition) is 3. The minimum Gasteiger partial charge on any atom is -0.374 e. The normalized spacial score (nSPS) is 60.3. The molecule has 5 atom stereocenters. The van der Waals surface area contributed by atoms with Crippen molar-refractivity contribution < 1.29 is 14.6 Å². The fourth-order valence-corrected chi connectivity index (χ4v) is 2.75. The van der Waals surface area contributed by atoms with Gasteiger partial charge in [0, 0.05) is 11.8 Å².